The van der Waals surface area contributed by atoms with Crippen LogP contribution in [0.4, 0.5) is 0 Å². The second kappa shape index (κ2) is 31.3. The zero-order chi connectivity index (χ0) is 83.8. The van der Waals surface area contributed by atoms with Crippen molar-refractivity contribution in [1.82, 2.24) is 0 Å². The van der Waals surface area contributed by atoms with Crippen molar-refractivity contribution in [3.8, 4) is 111 Å². The Kier molecular flexibility index (Phi) is 18.3. The molecule has 0 N–H and O–H groups in total. The van der Waals surface area contributed by atoms with Crippen LogP contribution in [0.15, 0.2) is 486 Å². The molecule has 127 heavy (non-hydrogen) atoms. The topological polar surface area (TPSA) is 39.4 Å². The second-order valence-corrected chi connectivity index (χ2v) is 33.1. The maximum Gasteiger partial charge on any atom is 0.136 e. The van der Waals surface area contributed by atoms with Crippen molar-refractivity contribution in [3.05, 3.63) is 473 Å². The monoisotopic (exact) mass is 1610 g/mol. The molecule has 26 aromatic rings. The van der Waals surface area contributed by atoms with Gasteiger partial charge in [0.2, 0.25) is 0 Å². The van der Waals surface area contributed by atoms with Crippen molar-refractivity contribution in [1.29, 1.82) is 0 Å². The first-order valence-corrected chi connectivity index (χ1v) is 43.6. The van der Waals surface area contributed by atoms with Gasteiger partial charge in [-0.3, -0.25) is 0 Å². The van der Waals surface area contributed by atoms with Gasteiger partial charge in [-0.1, -0.05) is 388 Å². The minimum absolute atomic E-state index is 0.901. The first-order valence-electron chi connectivity index (χ1n) is 43.6. The van der Waals surface area contributed by atoms with E-state index in [0.717, 1.165) is 76.9 Å². The van der Waals surface area contributed by atoms with Crippen LogP contribution in [0.1, 0.15) is 0 Å². The van der Waals surface area contributed by atoms with Crippen LogP contribution in [0.25, 0.3) is 252 Å². The van der Waals surface area contributed by atoms with E-state index in [0.29, 0.717) is 0 Å². The predicted molar refractivity (Wildman–Crippen MR) is 538 cm³/mol. The lowest BCUT2D eigenvalue weighted by atomic mass is 9.86. The lowest BCUT2D eigenvalue weighted by Gasteiger charge is -2.17. The minimum atomic E-state index is 0.901. The van der Waals surface area contributed by atoms with Gasteiger partial charge in [0.25, 0.3) is 0 Å². The highest BCUT2D eigenvalue weighted by Crippen LogP contribution is 2.50. The molecule has 0 fully saturated rings. The first kappa shape index (κ1) is 74.1. The average Bonchev–Trinajstić information content (AvgIpc) is 1.62. The van der Waals surface area contributed by atoms with Gasteiger partial charge in [-0.05, 0) is 272 Å². The molecule has 0 bridgehead atoms. The minimum Gasteiger partial charge on any atom is -0.456 e. The molecule has 3 heterocycles. The molecule has 0 amide bonds. The van der Waals surface area contributed by atoms with Gasteiger partial charge in [-0.2, -0.15) is 0 Å². The summed E-state index contributed by atoms with van der Waals surface area (Å²) in [6, 6.07) is 170. The smallest absolute Gasteiger partial charge is 0.136 e. The van der Waals surface area contributed by atoms with E-state index in [1.165, 1.54) is 176 Å². The fourth-order valence-electron chi connectivity index (χ4n) is 19.9. The van der Waals surface area contributed by atoms with Crippen molar-refractivity contribution >= 4 is 141 Å². The van der Waals surface area contributed by atoms with Gasteiger partial charge in [0.1, 0.15) is 33.5 Å². The standard InChI is InChI=1S/C44H28O.C42H26O.C38H24O/c1-3-12-29(13-4-1)31-16-11-17-32(26-31)33-22-24-35-40-27-34(23-25-41(40)45-42(35)28-33)44-38-20-9-7-18-36(38)43(30-14-5-2-6-15-30)37-19-8-10-21-39(37)44;1-2-11-28(12-3-1)41-34-14-6-8-16-36(34)42(37-17-9-7-15-35(37)41)32-21-23-39-38(25-32)33-22-20-31(26-40(33)43-39)30-19-18-27-10-4-5-13-29(27)24-30;1-3-11-25(12-4-1)27-19-21-35-33(23-27)34-24-28(20-22-36(34)39-35)38-31-17-9-7-15-29(31)37(26-13-5-2-6-14-26)30-16-8-10-18-32(30)38/h1-28H;1-26H;1-24H. The summed E-state index contributed by atoms with van der Waals surface area (Å²) >= 11 is 0. The number of hydrogen-bond donors (Lipinski definition) is 0. The molecule has 0 aliphatic rings. The Morgan fingerprint density at radius 1 is 0.0945 bits per heavy atom. The van der Waals surface area contributed by atoms with Gasteiger partial charge in [0, 0.05) is 32.3 Å². The summed E-state index contributed by atoms with van der Waals surface area (Å²) in [5, 5.41) is 24.4. The number of rotatable bonds is 10. The van der Waals surface area contributed by atoms with E-state index in [-0.39, 0.29) is 0 Å². The highest BCUT2D eigenvalue weighted by molar-refractivity contribution is 6.26. The molecule has 0 radical (unpaired) electrons. The van der Waals surface area contributed by atoms with E-state index < -0.39 is 0 Å². The zero-order valence-electron chi connectivity index (χ0n) is 69.3. The molecule has 3 heteroatoms. The van der Waals surface area contributed by atoms with Crippen molar-refractivity contribution in [2.24, 2.45) is 0 Å². The van der Waals surface area contributed by atoms with Gasteiger partial charge >= 0.3 is 0 Å². The quantitative estimate of drug-likeness (QED) is 0.128. The third-order valence-corrected chi connectivity index (χ3v) is 25.8. The summed E-state index contributed by atoms with van der Waals surface area (Å²) < 4.78 is 19.2. The molecule has 592 valence electrons. The van der Waals surface area contributed by atoms with Crippen molar-refractivity contribution in [2.45, 2.75) is 0 Å². The van der Waals surface area contributed by atoms with Gasteiger partial charge in [0.05, 0.1) is 0 Å². The summed E-state index contributed by atoms with van der Waals surface area (Å²) in [5.74, 6) is 0. The van der Waals surface area contributed by atoms with Gasteiger partial charge in [-0.15, -0.1) is 0 Å². The van der Waals surface area contributed by atoms with Crippen LogP contribution >= 0.6 is 0 Å². The molecule has 0 spiro atoms. The second-order valence-electron chi connectivity index (χ2n) is 33.1. The highest BCUT2D eigenvalue weighted by Gasteiger charge is 2.24. The van der Waals surface area contributed by atoms with Gasteiger partial charge in [0.15, 0.2) is 0 Å². The van der Waals surface area contributed by atoms with Crippen LogP contribution in [0, 0.1) is 0 Å². The van der Waals surface area contributed by atoms with Crippen molar-refractivity contribution in [3.63, 3.8) is 0 Å². The Labute approximate surface area is 733 Å². The summed E-state index contributed by atoms with van der Waals surface area (Å²) in [6.07, 6.45) is 0. The predicted octanol–water partition coefficient (Wildman–Crippen LogP) is 35.5. The molecular formula is C124H78O3. The molecule has 0 saturated carbocycles. The zero-order valence-corrected chi connectivity index (χ0v) is 69.3. The Morgan fingerprint density at radius 3 is 0.646 bits per heavy atom. The Morgan fingerprint density at radius 2 is 0.307 bits per heavy atom. The third-order valence-electron chi connectivity index (χ3n) is 25.8. The summed E-state index contributed by atoms with van der Waals surface area (Å²) in [6.45, 7) is 0. The van der Waals surface area contributed by atoms with Crippen LogP contribution in [-0.4, -0.2) is 0 Å². The summed E-state index contributed by atoms with van der Waals surface area (Å²) in [4.78, 5) is 0. The molecule has 3 aromatic heterocycles. The molecule has 0 aliphatic carbocycles. The molecule has 0 unspecified atom stereocenters. The van der Waals surface area contributed by atoms with Crippen LogP contribution < -0.4 is 0 Å². The maximum atomic E-state index is 6.47. The first-order chi connectivity index (χ1) is 63.0. The number of benzene rings is 23. The Hall–Kier alpha value is -16.7. The van der Waals surface area contributed by atoms with Crippen LogP contribution in [0.3, 0.4) is 0 Å². The van der Waals surface area contributed by atoms with E-state index in [1.54, 1.807) is 0 Å². The van der Waals surface area contributed by atoms with E-state index in [4.69, 9.17) is 13.3 Å². The van der Waals surface area contributed by atoms with E-state index in [2.05, 4.69) is 473 Å². The van der Waals surface area contributed by atoms with Crippen molar-refractivity contribution < 1.29 is 13.3 Å². The number of fused-ring (bicyclic) bond motifs is 16. The third kappa shape index (κ3) is 13.1. The fraction of sp³-hybridized carbons (Fsp3) is 0. The fourth-order valence-corrected chi connectivity index (χ4v) is 19.9. The summed E-state index contributed by atoms with van der Waals surface area (Å²) in [7, 11) is 0. The van der Waals surface area contributed by atoms with E-state index >= 15 is 0 Å². The molecule has 0 saturated heterocycles. The molecular weight excluding hydrogens is 1540 g/mol. The summed E-state index contributed by atoms with van der Waals surface area (Å²) in [5.41, 5.74) is 29.9. The van der Waals surface area contributed by atoms with Crippen molar-refractivity contribution in [2.75, 3.05) is 0 Å². The molecule has 3 nitrogen and oxygen atoms in total. The average molecular weight is 1620 g/mol. The highest BCUT2D eigenvalue weighted by atomic mass is 16.3. The van der Waals surface area contributed by atoms with Gasteiger partial charge < -0.3 is 13.3 Å². The van der Waals surface area contributed by atoms with Crippen LogP contribution in [0.2, 0.25) is 0 Å². The lowest BCUT2D eigenvalue weighted by molar-refractivity contribution is 0.668. The lowest BCUT2D eigenvalue weighted by Crippen LogP contribution is -1.90. The van der Waals surface area contributed by atoms with E-state index in [9.17, 15) is 0 Å². The Balaban J connectivity index is 0.000000107. The number of hydrogen-bond acceptors (Lipinski definition) is 3. The molecule has 23 aromatic carbocycles. The largest absolute Gasteiger partial charge is 0.456 e. The molecule has 0 atom stereocenters. The number of furan rings is 3. The normalized spacial score (nSPS) is 11.6. The maximum absolute atomic E-state index is 6.47. The van der Waals surface area contributed by atoms with Crippen LogP contribution in [0.5, 0.6) is 0 Å². The SMILES string of the molecule is c1ccc(-c2c3ccccc3c(-c3ccc4oc5cc(-c6ccc7ccccc7c6)ccc5c4c3)c3ccccc23)cc1.c1ccc(-c2ccc3oc4ccc(-c5c6ccccc6c(-c6ccccc6)c6ccccc56)cc4c3c2)cc1.c1ccc(-c2cccc(-c3ccc4c(c3)oc3ccc(-c5c6ccccc6c(-c6ccccc6)c6ccccc56)cc34)c2)cc1. The molecule has 0 aliphatic heterocycles. The molecule has 26 rings (SSSR count). The Bertz CT molecular complexity index is 8630. The van der Waals surface area contributed by atoms with Gasteiger partial charge in [-0.25, -0.2) is 0 Å². The van der Waals surface area contributed by atoms with E-state index in [1.807, 2.05) is 0 Å². The van der Waals surface area contributed by atoms with Crippen LogP contribution in [-0.2, 0) is 0 Å².